The number of hydrogen-bond donors (Lipinski definition) is 2. The fourth-order valence-electron chi connectivity index (χ4n) is 1.38. The molecule has 0 bridgehead atoms. The number of hydrogen-bond acceptors (Lipinski definition) is 2. The van der Waals surface area contributed by atoms with E-state index in [9.17, 15) is 4.79 Å². The molecule has 0 unspecified atom stereocenters. The van der Waals surface area contributed by atoms with Gasteiger partial charge in [0, 0.05) is 20.6 Å². The summed E-state index contributed by atoms with van der Waals surface area (Å²) in [7, 11) is 0. The molecule has 0 radical (unpaired) electrons. The first-order valence-electron chi connectivity index (χ1n) is 5.01. The maximum absolute atomic E-state index is 11.9. The highest BCUT2D eigenvalue weighted by Gasteiger charge is 2.05. The number of benzene rings is 2. The van der Waals surface area contributed by atoms with Crippen LogP contribution in [0.3, 0.4) is 0 Å². The van der Waals surface area contributed by atoms with Gasteiger partial charge in [-0.25, -0.2) is 0 Å². The van der Waals surface area contributed by atoms with Crippen molar-refractivity contribution in [1.29, 1.82) is 0 Å². The molecule has 2 rings (SSSR count). The Balaban J connectivity index is 2.14. The zero-order chi connectivity index (χ0) is 12.3. The Hall–Kier alpha value is -1.26. The zero-order valence-corrected chi connectivity index (χ0v) is 11.3. The Morgan fingerprint density at radius 1 is 1.12 bits per heavy atom. The van der Waals surface area contributed by atoms with E-state index in [1.165, 1.54) is 0 Å². The van der Waals surface area contributed by atoms with Crippen LogP contribution in [0.1, 0.15) is 10.4 Å². The van der Waals surface area contributed by atoms with Gasteiger partial charge >= 0.3 is 0 Å². The van der Waals surface area contributed by atoms with Crippen molar-refractivity contribution in [3.05, 3.63) is 58.6 Å². The van der Waals surface area contributed by atoms with E-state index in [0.717, 1.165) is 15.1 Å². The maximum Gasteiger partial charge on any atom is 0.255 e. The van der Waals surface area contributed by atoms with Crippen molar-refractivity contribution in [2.24, 2.45) is 0 Å². The lowest BCUT2D eigenvalue weighted by molar-refractivity contribution is 0.102. The molecule has 2 aromatic carbocycles. The van der Waals surface area contributed by atoms with Crippen LogP contribution < -0.4 is 5.32 Å². The maximum atomic E-state index is 11.9. The third kappa shape index (κ3) is 3.35. The number of rotatable bonds is 2. The lowest BCUT2D eigenvalue weighted by Gasteiger charge is -2.05. The van der Waals surface area contributed by atoms with Crippen LogP contribution >= 0.6 is 28.6 Å². The minimum atomic E-state index is -0.128. The van der Waals surface area contributed by atoms with Crippen LogP contribution in [0, 0.1) is 0 Å². The molecule has 0 fully saturated rings. The molecule has 0 heterocycles. The molecule has 2 nitrogen and oxygen atoms in total. The summed E-state index contributed by atoms with van der Waals surface area (Å²) in [5.41, 5.74) is 1.38. The number of anilines is 1. The van der Waals surface area contributed by atoms with E-state index < -0.39 is 0 Å². The Morgan fingerprint density at radius 2 is 1.82 bits per heavy atom. The van der Waals surface area contributed by atoms with Crippen molar-refractivity contribution >= 4 is 40.2 Å². The summed E-state index contributed by atoms with van der Waals surface area (Å²) in [6.07, 6.45) is 0. The molecule has 86 valence electrons. The van der Waals surface area contributed by atoms with Crippen LogP contribution in [-0.2, 0) is 0 Å². The summed E-state index contributed by atoms with van der Waals surface area (Å²) in [4.78, 5) is 12.7. The van der Waals surface area contributed by atoms with Crippen LogP contribution in [0.2, 0.25) is 0 Å². The SMILES string of the molecule is O=C(Nc1cccc(Br)c1)c1ccc(S)cc1. The van der Waals surface area contributed by atoms with Crippen molar-refractivity contribution in [2.45, 2.75) is 4.90 Å². The highest BCUT2D eigenvalue weighted by atomic mass is 79.9. The molecular weight excluding hydrogens is 298 g/mol. The van der Waals surface area contributed by atoms with Gasteiger partial charge in [0.2, 0.25) is 0 Å². The molecule has 0 aliphatic heterocycles. The van der Waals surface area contributed by atoms with Crippen LogP contribution in [0.5, 0.6) is 0 Å². The van der Waals surface area contributed by atoms with Gasteiger partial charge in [0.05, 0.1) is 0 Å². The van der Waals surface area contributed by atoms with Crippen molar-refractivity contribution in [2.75, 3.05) is 5.32 Å². The van der Waals surface area contributed by atoms with Gasteiger partial charge in [-0.1, -0.05) is 22.0 Å². The van der Waals surface area contributed by atoms with E-state index >= 15 is 0 Å². The van der Waals surface area contributed by atoms with Crippen molar-refractivity contribution in [1.82, 2.24) is 0 Å². The van der Waals surface area contributed by atoms with Crippen molar-refractivity contribution < 1.29 is 4.79 Å². The summed E-state index contributed by atoms with van der Waals surface area (Å²) < 4.78 is 0.931. The molecule has 0 aliphatic carbocycles. The van der Waals surface area contributed by atoms with Gasteiger partial charge in [-0.2, -0.15) is 0 Å². The average Bonchev–Trinajstić information content (AvgIpc) is 2.29. The van der Waals surface area contributed by atoms with Gasteiger partial charge < -0.3 is 5.32 Å². The normalized spacial score (nSPS) is 10.0. The number of carbonyl (C=O) groups excluding carboxylic acids is 1. The number of halogens is 1. The second-order valence-corrected chi connectivity index (χ2v) is 4.94. The number of nitrogens with one attached hydrogen (secondary N) is 1. The molecular formula is C13H10BrNOS. The molecule has 0 atom stereocenters. The van der Waals surface area contributed by atoms with E-state index in [2.05, 4.69) is 33.9 Å². The predicted octanol–water partition coefficient (Wildman–Crippen LogP) is 3.99. The number of amides is 1. The zero-order valence-electron chi connectivity index (χ0n) is 8.85. The number of carbonyl (C=O) groups is 1. The first-order chi connectivity index (χ1) is 8.15. The second kappa shape index (κ2) is 5.38. The van der Waals surface area contributed by atoms with E-state index in [0.29, 0.717) is 5.56 Å². The smallest absolute Gasteiger partial charge is 0.255 e. The fraction of sp³-hybridized carbons (Fsp3) is 0. The van der Waals surface area contributed by atoms with Crippen molar-refractivity contribution in [3.63, 3.8) is 0 Å². The van der Waals surface area contributed by atoms with Gasteiger partial charge in [0.1, 0.15) is 0 Å². The molecule has 1 N–H and O–H groups in total. The lowest BCUT2D eigenvalue weighted by Crippen LogP contribution is -2.11. The van der Waals surface area contributed by atoms with Gasteiger partial charge in [-0.3, -0.25) is 4.79 Å². The van der Waals surface area contributed by atoms with Gasteiger partial charge in [0.25, 0.3) is 5.91 Å². The highest BCUT2D eigenvalue weighted by Crippen LogP contribution is 2.17. The second-order valence-electron chi connectivity index (χ2n) is 3.51. The summed E-state index contributed by atoms with van der Waals surface area (Å²) in [6.45, 7) is 0. The summed E-state index contributed by atoms with van der Waals surface area (Å²) >= 11 is 7.53. The Labute approximate surface area is 114 Å². The van der Waals surface area contributed by atoms with Crippen LogP contribution in [0.25, 0.3) is 0 Å². The topological polar surface area (TPSA) is 29.1 Å². The molecule has 17 heavy (non-hydrogen) atoms. The average molecular weight is 308 g/mol. The third-order valence-corrected chi connectivity index (χ3v) is 3.00. The van der Waals surface area contributed by atoms with Gasteiger partial charge in [-0.15, -0.1) is 12.6 Å². The van der Waals surface area contributed by atoms with Crippen LogP contribution in [0.4, 0.5) is 5.69 Å². The summed E-state index contributed by atoms with van der Waals surface area (Å²) in [5, 5.41) is 2.82. The van der Waals surface area contributed by atoms with Gasteiger partial charge in [0.15, 0.2) is 0 Å². The molecule has 1 amide bonds. The monoisotopic (exact) mass is 307 g/mol. The van der Waals surface area contributed by atoms with E-state index in [1.807, 2.05) is 24.3 Å². The minimum absolute atomic E-state index is 0.128. The summed E-state index contributed by atoms with van der Waals surface area (Å²) in [5.74, 6) is -0.128. The summed E-state index contributed by atoms with van der Waals surface area (Å²) in [6, 6.07) is 14.5. The number of thiol groups is 1. The molecule has 0 saturated carbocycles. The van der Waals surface area contributed by atoms with Crippen LogP contribution in [0.15, 0.2) is 57.9 Å². The van der Waals surface area contributed by atoms with E-state index in [4.69, 9.17) is 0 Å². The lowest BCUT2D eigenvalue weighted by atomic mass is 10.2. The molecule has 4 heteroatoms. The predicted molar refractivity (Wildman–Crippen MR) is 75.8 cm³/mol. The Morgan fingerprint density at radius 3 is 2.47 bits per heavy atom. The largest absolute Gasteiger partial charge is 0.322 e. The quantitative estimate of drug-likeness (QED) is 0.807. The molecule has 0 aliphatic rings. The van der Waals surface area contributed by atoms with E-state index in [-0.39, 0.29) is 5.91 Å². The third-order valence-electron chi connectivity index (χ3n) is 2.21. The Kier molecular flexibility index (Phi) is 3.86. The molecule has 2 aromatic rings. The fourth-order valence-corrected chi connectivity index (χ4v) is 1.93. The van der Waals surface area contributed by atoms with Crippen LogP contribution in [-0.4, -0.2) is 5.91 Å². The minimum Gasteiger partial charge on any atom is -0.322 e. The molecule has 0 saturated heterocycles. The van der Waals surface area contributed by atoms with Crippen molar-refractivity contribution in [3.8, 4) is 0 Å². The van der Waals surface area contributed by atoms with Gasteiger partial charge in [-0.05, 0) is 42.5 Å². The van der Waals surface area contributed by atoms with E-state index in [1.54, 1.807) is 24.3 Å². The highest BCUT2D eigenvalue weighted by molar-refractivity contribution is 9.10. The first kappa shape index (κ1) is 12.2. The standard InChI is InChI=1S/C13H10BrNOS/c14-10-2-1-3-11(8-10)15-13(16)9-4-6-12(17)7-5-9/h1-8,17H,(H,15,16). The molecule has 0 aromatic heterocycles. The first-order valence-corrected chi connectivity index (χ1v) is 6.25. The Bertz CT molecular complexity index is 539. The molecule has 0 spiro atoms.